The topological polar surface area (TPSA) is 83.6 Å². The van der Waals surface area contributed by atoms with E-state index in [-0.39, 0.29) is 11.5 Å². The molecule has 1 amide bonds. The molecule has 3 rings (SSSR count). The quantitative estimate of drug-likeness (QED) is 0.501. The summed E-state index contributed by atoms with van der Waals surface area (Å²) in [5, 5.41) is 9.99. The van der Waals surface area contributed by atoms with E-state index in [1.165, 1.54) is 12.1 Å². The maximum absolute atomic E-state index is 12.2. The highest BCUT2D eigenvalue weighted by molar-refractivity contribution is 6.35. The number of nitrogens with two attached hydrogens (primary N) is 1. The van der Waals surface area contributed by atoms with E-state index in [0.29, 0.717) is 16.8 Å². The standard InChI is InChI=1S/C16H12N2O3/c17-18-14-9-11(16(20)21)6-7-12(14)13(15(18)19)8-10-4-2-1-3-5-10/h1-9H,17H2,(H,20,21). The summed E-state index contributed by atoms with van der Waals surface area (Å²) in [5.74, 6) is 4.35. The van der Waals surface area contributed by atoms with Gasteiger partial charge in [0.05, 0.1) is 16.8 Å². The van der Waals surface area contributed by atoms with Crippen molar-refractivity contribution in [3.05, 3.63) is 65.2 Å². The number of carbonyl (C=O) groups is 2. The van der Waals surface area contributed by atoms with E-state index in [2.05, 4.69) is 0 Å². The number of anilines is 1. The number of carbonyl (C=O) groups excluding carboxylic acids is 1. The van der Waals surface area contributed by atoms with Gasteiger partial charge < -0.3 is 5.11 Å². The van der Waals surface area contributed by atoms with Crippen molar-refractivity contribution in [1.29, 1.82) is 0 Å². The van der Waals surface area contributed by atoms with E-state index in [1.807, 2.05) is 30.3 Å². The van der Waals surface area contributed by atoms with Crippen LogP contribution in [0.15, 0.2) is 48.5 Å². The van der Waals surface area contributed by atoms with E-state index in [4.69, 9.17) is 10.9 Å². The second kappa shape index (κ2) is 4.88. The van der Waals surface area contributed by atoms with Gasteiger partial charge in [0.2, 0.25) is 0 Å². The second-order valence-corrected chi connectivity index (χ2v) is 4.68. The van der Waals surface area contributed by atoms with Crippen LogP contribution >= 0.6 is 0 Å². The van der Waals surface area contributed by atoms with Crippen LogP contribution in [0.2, 0.25) is 0 Å². The van der Waals surface area contributed by atoms with Gasteiger partial charge in [0.1, 0.15) is 0 Å². The lowest BCUT2D eigenvalue weighted by molar-refractivity contribution is -0.113. The molecule has 1 aliphatic rings. The van der Waals surface area contributed by atoms with E-state index in [0.717, 1.165) is 10.6 Å². The highest BCUT2D eigenvalue weighted by atomic mass is 16.4. The lowest BCUT2D eigenvalue weighted by Crippen LogP contribution is -2.33. The molecule has 1 heterocycles. The van der Waals surface area contributed by atoms with Gasteiger partial charge in [0.15, 0.2) is 0 Å². The van der Waals surface area contributed by atoms with Crippen LogP contribution in [0, 0.1) is 0 Å². The number of hydrazine groups is 1. The first-order valence-electron chi connectivity index (χ1n) is 6.31. The molecule has 104 valence electrons. The molecule has 0 unspecified atom stereocenters. The molecule has 0 saturated carbocycles. The van der Waals surface area contributed by atoms with Crippen LogP contribution in [0.5, 0.6) is 0 Å². The number of fused-ring (bicyclic) bond motifs is 1. The van der Waals surface area contributed by atoms with Crippen molar-refractivity contribution < 1.29 is 14.7 Å². The normalized spacial score (nSPS) is 15.4. The predicted octanol–water partition coefficient (Wildman–Crippen LogP) is 2.15. The minimum Gasteiger partial charge on any atom is -0.478 e. The smallest absolute Gasteiger partial charge is 0.335 e. The van der Waals surface area contributed by atoms with Gasteiger partial charge in [-0.15, -0.1) is 0 Å². The van der Waals surface area contributed by atoms with Gasteiger partial charge in [0, 0.05) is 5.56 Å². The van der Waals surface area contributed by atoms with Crippen LogP contribution in [0.3, 0.4) is 0 Å². The maximum atomic E-state index is 12.2. The first-order valence-corrected chi connectivity index (χ1v) is 6.31. The fraction of sp³-hybridized carbons (Fsp3) is 0. The summed E-state index contributed by atoms with van der Waals surface area (Å²) in [5.41, 5.74) is 2.47. The Kier molecular flexibility index (Phi) is 3.04. The van der Waals surface area contributed by atoms with E-state index in [9.17, 15) is 9.59 Å². The Morgan fingerprint density at radius 1 is 1.14 bits per heavy atom. The van der Waals surface area contributed by atoms with Crippen molar-refractivity contribution in [2.45, 2.75) is 0 Å². The third-order valence-corrected chi connectivity index (χ3v) is 3.35. The largest absolute Gasteiger partial charge is 0.478 e. The fourth-order valence-electron chi connectivity index (χ4n) is 2.30. The van der Waals surface area contributed by atoms with Gasteiger partial charge in [-0.1, -0.05) is 36.4 Å². The van der Waals surface area contributed by atoms with Crippen LogP contribution in [-0.2, 0) is 4.79 Å². The number of benzene rings is 2. The zero-order valence-corrected chi connectivity index (χ0v) is 11.0. The van der Waals surface area contributed by atoms with Crippen molar-refractivity contribution in [2.75, 3.05) is 5.01 Å². The van der Waals surface area contributed by atoms with E-state index >= 15 is 0 Å². The lowest BCUT2D eigenvalue weighted by Gasteiger charge is -2.08. The van der Waals surface area contributed by atoms with Crippen LogP contribution in [-0.4, -0.2) is 17.0 Å². The molecule has 0 aliphatic carbocycles. The van der Waals surface area contributed by atoms with Crippen LogP contribution in [0.1, 0.15) is 21.5 Å². The first-order chi connectivity index (χ1) is 10.1. The third kappa shape index (κ3) is 2.19. The van der Waals surface area contributed by atoms with Gasteiger partial charge in [0.25, 0.3) is 5.91 Å². The monoisotopic (exact) mass is 280 g/mol. The van der Waals surface area contributed by atoms with Crippen molar-refractivity contribution in [3.8, 4) is 0 Å². The maximum Gasteiger partial charge on any atom is 0.335 e. The highest BCUT2D eigenvalue weighted by Crippen LogP contribution is 2.36. The molecule has 1 aliphatic heterocycles. The highest BCUT2D eigenvalue weighted by Gasteiger charge is 2.31. The van der Waals surface area contributed by atoms with Gasteiger partial charge in [-0.3, -0.25) is 4.79 Å². The molecule has 0 bridgehead atoms. The number of amides is 1. The van der Waals surface area contributed by atoms with Gasteiger partial charge in [-0.2, -0.15) is 0 Å². The predicted molar refractivity (Wildman–Crippen MR) is 79.4 cm³/mol. The zero-order chi connectivity index (χ0) is 15.0. The molecule has 0 fully saturated rings. The van der Waals surface area contributed by atoms with Crippen LogP contribution in [0.4, 0.5) is 5.69 Å². The summed E-state index contributed by atoms with van der Waals surface area (Å²) >= 11 is 0. The summed E-state index contributed by atoms with van der Waals surface area (Å²) in [6.45, 7) is 0. The van der Waals surface area contributed by atoms with Gasteiger partial charge >= 0.3 is 5.97 Å². The lowest BCUT2D eigenvalue weighted by atomic mass is 10.0. The number of hydrogen-bond donors (Lipinski definition) is 2. The average Bonchev–Trinajstić information content (AvgIpc) is 2.73. The molecule has 0 aromatic heterocycles. The molecule has 5 heteroatoms. The van der Waals surface area contributed by atoms with Crippen LogP contribution in [0.25, 0.3) is 11.6 Å². The molecule has 3 N–H and O–H groups in total. The number of aromatic carboxylic acids is 1. The number of hydrogen-bond acceptors (Lipinski definition) is 3. The molecule has 0 radical (unpaired) electrons. The number of nitrogens with zero attached hydrogens (tertiary/aromatic N) is 1. The van der Waals surface area contributed by atoms with Gasteiger partial charge in [-0.05, 0) is 23.8 Å². The second-order valence-electron chi connectivity index (χ2n) is 4.68. The molecule has 0 atom stereocenters. The van der Waals surface area contributed by atoms with Crippen LogP contribution < -0.4 is 10.9 Å². The zero-order valence-electron chi connectivity index (χ0n) is 11.0. The molecular weight excluding hydrogens is 268 g/mol. The number of carboxylic acids is 1. The summed E-state index contributed by atoms with van der Waals surface area (Å²) in [6, 6.07) is 13.9. The minimum atomic E-state index is -1.06. The molecule has 0 saturated heterocycles. The Balaban J connectivity index is 2.13. The molecule has 5 nitrogen and oxygen atoms in total. The Labute approximate surface area is 120 Å². The first kappa shape index (κ1) is 13.1. The van der Waals surface area contributed by atoms with Crippen molar-refractivity contribution in [3.63, 3.8) is 0 Å². The Hall–Kier alpha value is -2.92. The summed E-state index contributed by atoms with van der Waals surface area (Å²) in [6.07, 6.45) is 1.74. The Morgan fingerprint density at radius 3 is 2.52 bits per heavy atom. The Bertz CT molecular complexity index is 766. The van der Waals surface area contributed by atoms with E-state index < -0.39 is 5.97 Å². The number of carboxylic acid groups (broad SMARTS) is 1. The summed E-state index contributed by atoms with van der Waals surface area (Å²) < 4.78 is 0. The molecular formula is C16H12N2O3. The van der Waals surface area contributed by atoms with Crippen molar-refractivity contribution in [2.24, 2.45) is 5.84 Å². The summed E-state index contributed by atoms with van der Waals surface area (Å²) in [4.78, 5) is 23.2. The van der Waals surface area contributed by atoms with Crippen molar-refractivity contribution in [1.82, 2.24) is 0 Å². The molecule has 2 aromatic rings. The van der Waals surface area contributed by atoms with Gasteiger partial charge in [-0.25, -0.2) is 15.6 Å². The summed E-state index contributed by atoms with van der Waals surface area (Å²) in [7, 11) is 0. The molecule has 2 aromatic carbocycles. The SMILES string of the molecule is NN1C(=O)C(=Cc2ccccc2)c2ccc(C(=O)O)cc21. The third-order valence-electron chi connectivity index (χ3n) is 3.35. The molecule has 0 spiro atoms. The minimum absolute atomic E-state index is 0.0953. The average molecular weight is 280 g/mol. The van der Waals surface area contributed by atoms with Crippen molar-refractivity contribution >= 4 is 29.2 Å². The molecule has 21 heavy (non-hydrogen) atoms. The number of rotatable bonds is 2. The fourth-order valence-corrected chi connectivity index (χ4v) is 2.30. The Morgan fingerprint density at radius 2 is 1.86 bits per heavy atom. The van der Waals surface area contributed by atoms with E-state index in [1.54, 1.807) is 12.1 Å².